The van der Waals surface area contributed by atoms with Gasteiger partial charge in [0.05, 0.1) is 0 Å². The lowest BCUT2D eigenvalue weighted by Crippen LogP contribution is -2.50. The number of rotatable bonds is 1. The third-order valence-electron chi connectivity index (χ3n) is 3.09. The number of likely N-dealkylation sites (tertiary alicyclic amines) is 1. The van der Waals surface area contributed by atoms with Crippen LogP contribution in [0, 0.1) is 11.8 Å². The zero-order valence-corrected chi connectivity index (χ0v) is 7.34. The van der Waals surface area contributed by atoms with Crippen molar-refractivity contribution in [3.05, 3.63) is 0 Å². The number of nitrogens with one attached hydrogen (secondary N) is 1. The fourth-order valence-electron chi connectivity index (χ4n) is 2.33. The molecular weight excluding hydrogens is 136 g/mol. The van der Waals surface area contributed by atoms with E-state index in [-0.39, 0.29) is 0 Å². The minimum absolute atomic E-state index is 0.986. The van der Waals surface area contributed by atoms with Gasteiger partial charge in [-0.25, -0.2) is 0 Å². The maximum absolute atomic E-state index is 3.48. The molecule has 0 radical (unpaired) electrons. The molecule has 2 aliphatic heterocycles. The Hall–Kier alpha value is -0.0800. The van der Waals surface area contributed by atoms with Crippen LogP contribution in [-0.2, 0) is 0 Å². The highest BCUT2D eigenvalue weighted by molar-refractivity contribution is 4.85. The van der Waals surface area contributed by atoms with Crippen LogP contribution in [0.5, 0.6) is 0 Å². The van der Waals surface area contributed by atoms with Gasteiger partial charge in [0.2, 0.25) is 0 Å². The third-order valence-corrected chi connectivity index (χ3v) is 3.09. The van der Waals surface area contributed by atoms with Gasteiger partial charge in [-0.15, -0.1) is 0 Å². The summed E-state index contributed by atoms with van der Waals surface area (Å²) in [6, 6.07) is 0. The second-order valence-electron chi connectivity index (χ2n) is 4.09. The van der Waals surface area contributed by atoms with E-state index in [9.17, 15) is 0 Å². The van der Waals surface area contributed by atoms with E-state index in [1.165, 1.54) is 39.0 Å². The van der Waals surface area contributed by atoms with E-state index in [1.807, 2.05) is 0 Å². The number of hydrogen-bond donors (Lipinski definition) is 1. The summed E-state index contributed by atoms with van der Waals surface area (Å²) < 4.78 is 0. The van der Waals surface area contributed by atoms with Gasteiger partial charge >= 0.3 is 0 Å². The molecule has 1 atom stereocenters. The smallest absolute Gasteiger partial charge is 0.00221 e. The minimum atomic E-state index is 0.986. The van der Waals surface area contributed by atoms with Gasteiger partial charge in [-0.2, -0.15) is 0 Å². The van der Waals surface area contributed by atoms with E-state index >= 15 is 0 Å². The molecule has 1 unspecified atom stereocenters. The Kier molecular flexibility index (Phi) is 2.14. The second-order valence-corrected chi connectivity index (χ2v) is 4.09. The average Bonchev–Trinajstić information content (AvgIpc) is 2.01. The summed E-state index contributed by atoms with van der Waals surface area (Å²) in [4.78, 5) is 2.42. The van der Waals surface area contributed by atoms with Crippen molar-refractivity contribution in [2.75, 3.05) is 33.2 Å². The Labute approximate surface area is 69.0 Å². The van der Waals surface area contributed by atoms with E-state index in [4.69, 9.17) is 0 Å². The van der Waals surface area contributed by atoms with Crippen LogP contribution in [0.2, 0.25) is 0 Å². The van der Waals surface area contributed by atoms with Crippen molar-refractivity contribution in [1.29, 1.82) is 0 Å². The molecule has 1 N–H and O–H groups in total. The van der Waals surface area contributed by atoms with Gasteiger partial charge in [0.15, 0.2) is 0 Å². The van der Waals surface area contributed by atoms with E-state index in [2.05, 4.69) is 17.3 Å². The molecule has 2 heterocycles. The molecule has 0 aromatic rings. The maximum atomic E-state index is 3.48. The minimum Gasteiger partial charge on any atom is -0.316 e. The zero-order valence-electron chi connectivity index (χ0n) is 7.34. The van der Waals surface area contributed by atoms with Crippen LogP contribution in [-0.4, -0.2) is 38.1 Å². The third kappa shape index (κ3) is 1.57. The first-order valence-electron chi connectivity index (χ1n) is 4.75. The van der Waals surface area contributed by atoms with E-state index in [0.717, 1.165) is 11.8 Å². The lowest BCUT2D eigenvalue weighted by molar-refractivity contribution is 0.0710. The fraction of sp³-hybridized carbons (Fsp3) is 1.00. The molecule has 2 heteroatoms. The van der Waals surface area contributed by atoms with Crippen molar-refractivity contribution in [3.63, 3.8) is 0 Å². The Balaban J connectivity index is 1.76. The van der Waals surface area contributed by atoms with Crippen LogP contribution in [0.4, 0.5) is 0 Å². The maximum Gasteiger partial charge on any atom is 0.00221 e. The van der Waals surface area contributed by atoms with E-state index < -0.39 is 0 Å². The number of piperidine rings is 1. The highest BCUT2D eigenvalue weighted by Gasteiger charge is 2.31. The van der Waals surface area contributed by atoms with Crippen LogP contribution >= 0.6 is 0 Å². The molecule has 0 amide bonds. The summed E-state index contributed by atoms with van der Waals surface area (Å²) in [5, 5.41) is 3.48. The summed E-state index contributed by atoms with van der Waals surface area (Å²) in [6.45, 7) is 5.20. The predicted molar refractivity (Wildman–Crippen MR) is 46.6 cm³/mol. The first-order valence-corrected chi connectivity index (χ1v) is 4.75. The highest BCUT2D eigenvalue weighted by atomic mass is 15.2. The molecule has 2 saturated heterocycles. The van der Waals surface area contributed by atoms with Crippen LogP contribution in [0.3, 0.4) is 0 Å². The molecule has 2 aliphatic rings. The summed E-state index contributed by atoms with van der Waals surface area (Å²) in [5.41, 5.74) is 0. The quantitative estimate of drug-likeness (QED) is 0.593. The number of nitrogens with zero attached hydrogens (tertiary/aromatic N) is 1. The molecule has 0 aromatic heterocycles. The molecule has 2 fully saturated rings. The number of hydrogen-bond acceptors (Lipinski definition) is 2. The molecule has 64 valence electrons. The Morgan fingerprint density at radius 2 is 2.09 bits per heavy atom. The van der Waals surface area contributed by atoms with Gasteiger partial charge in [-0.05, 0) is 44.8 Å². The largest absolute Gasteiger partial charge is 0.316 e. The Morgan fingerprint density at radius 1 is 1.27 bits per heavy atom. The molecule has 0 spiro atoms. The van der Waals surface area contributed by atoms with Gasteiger partial charge in [0, 0.05) is 13.1 Å². The summed E-state index contributed by atoms with van der Waals surface area (Å²) in [6.07, 6.45) is 2.86. The monoisotopic (exact) mass is 154 g/mol. The fourth-order valence-corrected chi connectivity index (χ4v) is 2.33. The second kappa shape index (κ2) is 3.11. The SMILES string of the molecule is CN1CC(C2CCCNC2)C1. The molecule has 0 aromatic carbocycles. The predicted octanol–water partition coefficient (Wildman–Crippen LogP) is 0.548. The summed E-state index contributed by atoms with van der Waals surface area (Å²) >= 11 is 0. The van der Waals surface area contributed by atoms with Crippen molar-refractivity contribution in [1.82, 2.24) is 10.2 Å². The van der Waals surface area contributed by atoms with Crippen molar-refractivity contribution in [2.45, 2.75) is 12.8 Å². The van der Waals surface area contributed by atoms with Gasteiger partial charge in [0.1, 0.15) is 0 Å². The molecular formula is C9H18N2. The summed E-state index contributed by atoms with van der Waals surface area (Å²) in [7, 11) is 2.22. The van der Waals surface area contributed by atoms with Crippen LogP contribution in [0.25, 0.3) is 0 Å². The van der Waals surface area contributed by atoms with E-state index in [1.54, 1.807) is 0 Å². The normalized spacial score (nSPS) is 35.2. The molecule has 0 aliphatic carbocycles. The lowest BCUT2D eigenvalue weighted by Gasteiger charge is -2.42. The first-order chi connectivity index (χ1) is 5.36. The molecule has 2 nitrogen and oxygen atoms in total. The lowest BCUT2D eigenvalue weighted by atomic mass is 9.81. The van der Waals surface area contributed by atoms with Crippen molar-refractivity contribution >= 4 is 0 Å². The standard InChI is InChI=1S/C9H18N2/c1-11-6-9(7-11)8-3-2-4-10-5-8/h8-10H,2-7H2,1H3. The molecule has 2 rings (SSSR count). The first kappa shape index (κ1) is 7.56. The average molecular weight is 154 g/mol. The van der Waals surface area contributed by atoms with Crippen LogP contribution < -0.4 is 5.32 Å². The Bertz CT molecular complexity index is 124. The molecule has 0 saturated carbocycles. The van der Waals surface area contributed by atoms with Crippen LogP contribution in [0.15, 0.2) is 0 Å². The van der Waals surface area contributed by atoms with Gasteiger partial charge < -0.3 is 10.2 Å². The zero-order chi connectivity index (χ0) is 7.68. The highest BCUT2D eigenvalue weighted by Crippen LogP contribution is 2.26. The molecule has 0 bridgehead atoms. The van der Waals surface area contributed by atoms with Crippen LogP contribution in [0.1, 0.15) is 12.8 Å². The van der Waals surface area contributed by atoms with Gasteiger partial charge in [-0.3, -0.25) is 0 Å². The van der Waals surface area contributed by atoms with Crippen molar-refractivity contribution < 1.29 is 0 Å². The van der Waals surface area contributed by atoms with Gasteiger partial charge in [0.25, 0.3) is 0 Å². The molecule has 11 heavy (non-hydrogen) atoms. The van der Waals surface area contributed by atoms with Gasteiger partial charge in [-0.1, -0.05) is 0 Å². The summed E-state index contributed by atoms with van der Waals surface area (Å²) in [5.74, 6) is 1.99. The van der Waals surface area contributed by atoms with E-state index in [0.29, 0.717) is 0 Å². The van der Waals surface area contributed by atoms with Crippen molar-refractivity contribution in [2.24, 2.45) is 11.8 Å². The van der Waals surface area contributed by atoms with Crippen molar-refractivity contribution in [3.8, 4) is 0 Å². The Morgan fingerprint density at radius 3 is 2.64 bits per heavy atom. The topological polar surface area (TPSA) is 15.3 Å².